The fraction of sp³-hybridized carbons (Fsp3) is 0.192. The van der Waals surface area contributed by atoms with Gasteiger partial charge in [-0.3, -0.25) is 20.4 Å². The molecule has 174 valence electrons. The molecule has 0 fully saturated rings. The van der Waals surface area contributed by atoms with Crippen LogP contribution in [0.5, 0.6) is 11.5 Å². The van der Waals surface area contributed by atoms with Crippen molar-refractivity contribution in [1.82, 2.24) is 20.4 Å². The van der Waals surface area contributed by atoms with Crippen molar-refractivity contribution >= 4 is 22.8 Å². The van der Waals surface area contributed by atoms with Gasteiger partial charge in [-0.15, -0.1) is 0 Å². The van der Waals surface area contributed by atoms with Crippen LogP contribution < -0.4 is 20.3 Å². The number of hydrogen-bond donors (Lipinski definition) is 2. The number of benzene rings is 3. The standard InChI is InChI=1S/C26H26N4O4/c1-3-33-21-12-14-22(15-13-21)34-16-19-8-10-20(11-9-19)26(32)29-28-25(31)18(2)30-17-27-23-6-4-5-7-24(23)30/h4-15,17-18H,3,16H2,1-2H3,(H,28,31)(H,29,32). The second-order valence-electron chi connectivity index (χ2n) is 7.65. The van der Waals surface area contributed by atoms with Crippen molar-refractivity contribution in [2.24, 2.45) is 0 Å². The highest BCUT2D eigenvalue weighted by Crippen LogP contribution is 2.19. The Bertz CT molecular complexity index is 1270. The Kier molecular flexibility index (Phi) is 7.07. The summed E-state index contributed by atoms with van der Waals surface area (Å²) >= 11 is 0. The van der Waals surface area contributed by atoms with E-state index in [0.29, 0.717) is 18.8 Å². The van der Waals surface area contributed by atoms with Crippen molar-refractivity contribution in [3.63, 3.8) is 0 Å². The van der Waals surface area contributed by atoms with E-state index in [4.69, 9.17) is 9.47 Å². The van der Waals surface area contributed by atoms with E-state index in [9.17, 15) is 9.59 Å². The van der Waals surface area contributed by atoms with Crippen LogP contribution in [0.3, 0.4) is 0 Å². The molecule has 0 saturated heterocycles. The number of fused-ring (bicyclic) bond motifs is 1. The maximum Gasteiger partial charge on any atom is 0.269 e. The number of nitrogens with zero attached hydrogens (tertiary/aromatic N) is 2. The quantitative estimate of drug-likeness (QED) is 0.389. The molecular weight excluding hydrogens is 432 g/mol. The van der Waals surface area contributed by atoms with Gasteiger partial charge in [-0.1, -0.05) is 24.3 Å². The van der Waals surface area contributed by atoms with E-state index in [2.05, 4.69) is 15.8 Å². The molecule has 34 heavy (non-hydrogen) atoms. The highest BCUT2D eigenvalue weighted by molar-refractivity contribution is 5.95. The minimum Gasteiger partial charge on any atom is -0.494 e. The molecular formula is C26H26N4O4. The second kappa shape index (κ2) is 10.5. The SMILES string of the molecule is CCOc1ccc(OCc2ccc(C(=O)NNC(=O)C(C)n3cnc4ccccc43)cc2)cc1. The minimum atomic E-state index is -0.546. The summed E-state index contributed by atoms with van der Waals surface area (Å²) in [5.74, 6) is 0.768. The van der Waals surface area contributed by atoms with Crippen LogP contribution in [0.1, 0.15) is 35.8 Å². The highest BCUT2D eigenvalue weighted by atomic mass is 16.5. The third-order valence-electron chi connectivity index (χ3n) is 5.33. The first kappa shape index (κ1) is 22.8. The normalized spacial score (nSPS) is 11.6. The third-order valence-corrected chi connectivity index (χ3v) is 5.33. The van der Waals surface area contributed by atoms with Crippen molar-refractivity contribution in [2.45, 2.75) is 26.5 Å². The number of nitrogens with one attached hydrogen (secondary N) is 2. The van der Waals surface area contributed by atoms with Gasteiger partial charge in [0.15, 0.2) is 0 Å². The van der Waals surface area contributed by atoms with E-state index >= 15 is 0 Å². The van der Waals surface area contributed by atoms with Gasteiger partial charge in [-0.25, -0.2) is 4.98 Å². The van der Waals surface area contributed by atoms with Crippen LogP contribution in [0.2, 0.25) is 0 Å². The summed E-state index contributed by atoms with van der Waals surface area (Å²) in [7, 11) is 0. The van der Waals surface area contributed by atoms with Crippen molar-refractivity contribution in [3.05, 3.63) is 90.3 Å². The number of hydrogen-bond acceptors (Lipinski definition) is 5. The molecule has 0 aliphatic carbocycles. The highest BCUT2D eigenvalue weighted by Gasteiger charge is 2.18. The molecule has 0 spiro atoms. The Labute approximate surface area is 197 Å². The van der Waals surface area contributed by atoms with Gasteiger partial charge in [0.1, 0.15) is 24.1 Å². The van der Waals surface area contributed by atoms with Crippen molar-refractivity contribution in [2.75, 3.05) is 6.61 Å². The number of ether oxygens (including phenoxy) is 2. The largest absolute Gasteiger partial charge is 0.494 e. The fourth-order valence-corrected chi connectivity index (χ4v) is 3.43. The Morgan fingerprint density at radius 3 is 2.29 bits per heavy atom. The summed E-state index contributed by atoms with van der Waals surface area (Å²) in [6.07, 6.45) is 1.62. The zero-order valence-electron chi connectivity index (χ0n) is 19.0. The zero-order chi connectivity index (χ0) is 23.9. The first-order valence-electron chi connectivity index (χ1n) is 11.0. The Morgan fingerprint density at radius 2 is 1.59 bits per heavy atom. The lowest BCUT2D eigenvalue weighted by atomic mass is 10.1. The molecule has 3 aromatic carbocycles. The van der Waals surface area contributed by atoms with Crippen LogP contribution in [0.25, 0.3) is 11.0 Å². The number of carbonyl (C=O) groups excluding carboxylic acids is 2. The molecule has 2 N–H and O–H groups in total. The van der Waals surface area contributed by atoms with Gasteiger partial charge in [0, 0.05) is 5.56 Å². The van der Waals surface area contributed by atoms with Gasteiger partial charge in [0.05, 0.1) is 24.0 Å². The van der Waals surface area contributed by atoms with Crippen molar-refractivity contribution in [1.29, 1.82) is 0 Å². The number of aromatic nitrogens is 2. The van der Waals surface area contributed by atoms with Crippen molar-refractivity contribution < 1.29 is 19.1 Å². The third kappa shape index (κ3) is 5.35. The number of rotatable bonds is 8. The van der Waals surface area contributed by atoms with E-state index in [1.807, 2.05) is 67.6 Å². The minimum absolute atomic E-state index is 0.350. The smallest absolute Gasteiger partial charge is 0.269 e. The molecule has 2 amide bonds. The van der Waals surface area contributed by atoms with Gasteiger partial charge < -0.3 is 14.0 Å². The summed E-state index contributed by atoms with van der Waals surface area (Å²) in [4.78, 5) is 29.3. The van der Waals surface area contributed by atoms with E-state index in [1.54, 1.807) is 30.0 Å². The topological polar surface area (TPSA) is 94.5 Å². The lowest BCUT2D eigenvalue weighted by Crippen LogP contribution is -2.44. The van der Waals surface area contributed by atoms with E-state index in [-0.39, 0.29) is 5.91 Å². The van der Waals surface area contributed by atoms with Crippen LogP contribution in [-0.2, 0) is 11.4 Å². The lowest BCUT2D eigenvalue weighted by Gasteiger charge is -2.15. The number of imidazole rings is 1. The van der Waals surface area contributed by atoms with Crippen LogP contribution >= 0.6 is 0 Å². The molecule has 4 rings (SSSR count). The van der Waals surface area contributed by atoms with Gasteiger partial charge in [0.25, 0.3) is 11.8 Å². The molecule has 8 heteroatoms. The summed E-state index contributed by atoms with van der Waals surface area (Å²) < 4.78 is 13.0. The van der Waals surface area contributed by atoms with Crippen LogP contribution in [0, 0.1) is 0 Å². The zero-order valence-corrected chi connectivity index (χ0v) is 19.0. The summed E-state index contributed by atoms with van der Waals surface area (Å²) in [5.41, 5.74) is 7.94. The van der Waals surface area contributed by atoms with Crippen LogP contribution in [-0.4, -0.2) is 28.0 Å². The molecule has 0 radical (unpaired) electrons. The number of amides is 2. The number of hydrazine groups is 1. The predicted molar refractivity (Wildman–Crippen MR) is 128 cm³/mol. The molecule has 0 saturated carbocycles. The first-order valence-corrected chi connectivity index (χ1v) is 11.0. The van der Waals surface area contributed by atoms with Gasteiger partial charge in [0.2, 0.25) is 0 Å². The van der Waals surface area contributed by atoms with Gasteiger partial charge in [-0.2, -0.15) is 0 Å². The monoisotopic (exact) mass is 458 g/mol. The average molecular weight is 459 g/mol. The van der Waals surface area contributed by atoms with E-state index in [0.717, 1.165) is 28.1 Å². The average Bonchev–Trinajstić information content (AvgIpc) is 3.31. The molecule has 1 aromatic heterocycles. The summed E-state index contributed by atoms with van der Waals surface area (Å²) in [5, 5.41) is 0. The lowest BCUT2D eigenvalue weighted by molar-refractivity contribution is -0.124. The molecule has 1 atom stereocenters. The molecule has 1 unspecified atom stereocenters. The maximum atomic E-state index is 12.6. The second-order valence-corrected chi connectivity index (χ2v) is 7.65. The fourth-order valence-electron chi connectivity index (χ4n) is 3.43. The summed E-state index contributed by atoms with van der Waals surface area (Å²) in [6, 6.07) is 21.4. The summed E-state index contributed by atoms with van der Waals surface area (Å²) in [6.45, 7) is 4.66. The van der Waals surface area contributed by atoms with Crippen molar-refractivity contribution in [3.8, 4) is 11.5 Å². The maximum absolute atomic E-state index is 12.6. The van der Waals surface area contributed by atoms with Gasteiger partial charge >= 0.3 is 0 Å². The molecule has 0 aliphatic heterocycles. The van der Waals surface area contributed by atoms with E-state index in [1.165, 1.54) is 0 Å². The Balaban J connectivity index is 1.28. The number of carbonyl (C=O) groups is 2. The molecule has 4 aromatic rings. The first-order chi connectivity index (χ1) is 16.5. The predicted octanol–water partition coefficient (Wildman–Crippen LogP) is 4.04. The Hall–Kier alpha value is -4.33. The molecule has 0 bridgehead atoms. The number of para-hydroxylation sites is 2. The van der Waals surface area contributed by atoms with Gasteiger partial charge in [-0.05, 0) is 67.9 Å². The molecule has 8 nitrogen and oxygen atoms in total. The van der Waals surface area contributed by atoms with Crippen LogP contribution in [0.15, 0.2) is 79.1 Å². The van der Waals surface area contributed by atoms with Crippen LogP contribution in [0.4, 0.5) is 0 Å². The van der Waals surface area contributed by atoms with E-state index < -0.39 is 11.9 Å². The molecule has 0 aliphatic rings. The molecule has 1 heterocycles. The Morgan fingerprint density at radius 1 is 0.912 bits per heavy atom.